The van der Waals surface area contributed by atoms with Crippen molar-refractivity contribution in [3.63, 3.8) is 0 Å². The number of hydrogen-bond donors (Lipinski definition) is 2. The number of aliphatic hydroxyl groups excluding tert-OH is 1. The lowest BCUT2D eigenvalue weighted by molar-refractivity contribution is -0.146. The van der Waals surface area contributed by atoms with E-state index in [1.165, 1.54) is 7.11 Å². The maximum atomic E-state index is 11.9. The maximum absolute atomic E-state index is 11.9. The molecule has 1 aliphatic heterocycles. The Morgan fingerprint density at radius 3 is 2.58 bits per heavy atom. The molecule has 2 unspecified atom stereocenters. The fourth-order valence-corrected chi connectivity index (χ4v) is 2.39. The minimum Gasteiger partial charge on any atom is -0.468 e. The Hall–Kier alpha value is -1.14. The minimum absolute atomic E-state index is 0.114. The number of nitrogens with zero attached hydrogens (tertiary/aromatic N) is 1. The predicted molar refractivity (Wildman–Crippen MR) is 70.5 cm³/mol. The second-order valence-corrected chi connectivity index (χ2v) is 4.94. The van der Waals surface area contributed by atoms with Gasteiger partial charge in [-0.2, -0.15) is 0 Å². The molecule has 110 valence electrons. The third-order valence-corrected chi connectivity index (χ3v) is 3.55. The monoisotopic (exact) mass is 272 g/mol. The van der Waals surface area contributed by atoms with Gasteiger partial charge >= 0.3 is 5.97 Å². The lowest BCUT2D eigenvalue weighted by Gasteiger charge is -2.23. The Morgan fingerprint density at radius 1 is 1.42 bits per heavy atom. The van der Waals surface area contributed by atoms with Crippen molar-refractivity contribution in [1.82, 2.24) is 10.2 Å². The molecule has 1 saturated heterocycles. The van der Waals surface area contributed by atoms with Gasteiger partial charge in [-0.25, -0.2) is 0 Å². The average molecular weight is 272 g/mol. The molecule has 1 rings (SSSR count). The zero-order valence-electron chi connectivity index (χ0n) is 11.9. The molecule has 6 nitrogen and oxygen atoms in total. The van der Waals surface area contributed by atoms with Crippen molar-refractivity contribution in [2.24, 2.45) is 0 Å². The van der Waals surface area contributed by atoms with Crippen molar-refractivity contribution in [3.05, 3.63) is 0 Å². The van der Waals surface area contributed by atoms with Crippen LogP contribution in [0.3, 0.4) is 0 Å². The van der Waals surface area contributed by atoms with Gasteiger partial charge in [0.15, 0.2) is 0 Å². The molecule has 0 spiro atoms. The molecule has 2 N–H and O–H groups in total. The van der Waals surface area contributed by atoms with Gasteiger partial charge < -0.3 is 15.2 Å². The van der Waals surface area contributed by atoms with Crippen molar-refractivity contribution >= 4 is 11.9 Å². The van der Waals surface area contributed by atoms with E-state index in [4.69, 9.17) is 4.74 Å². The first kappa shape index (κ1) is 15.9. The molecule has 0 aromatic rings. The summed E-state index contributed by atoms with van der Waals surface area (Å²) in [7, 11) is 1.31. The summed E-state index contributed by atoms with van der Waals surface area (Å²) in [5.41, 5.74) is 0. The van der Waals surface area contributed by atoms with E-state index in [9.17, 15) is 14.7 Å². The average Bonchev–Trinajstić information content (AvgIpc) is 2.75. The van der Waals surface area contributed by atoms with E-state index in [-0.39, 0.29) is 18.5 Å². The van der Waals surface area contributed by atoms with Crippen LogP contribution in [0.5, 0.6) is 0 Å². The van der Waals surface area contributed by atoms with Gasteiger partial charge in [0.25, 0.3) is 0 Å². The van der Waals surface area contributed by atoms with E-state index in [0.29, 0.717) is 13.0 Å². The standard InChI is InChI=1S/C13H24N2O4/c1-4-9(5-2)14-12(17)8-15-7-10(16)6-11(15)13(18)19-3/h9-11,16H,4-8H2,1-3H3,(H,14,17). The van der Waals surface area contributed by atoms with Crippen LogP contribution in [0.15, 0.2) is 0 Å². The topological polar surface area (TPSA) is 78.9 Å². The second-order valence-electron chi connectivity index (χ2n) is 4.94. The summed E-state index contributed by atoms with van der Waals surface area (Å²) in [6.45, 7) is 4.49. The lowest BCUT2D eigenvalue weighted by atomic mass is 10.1. The summed E-state index contributed by atoms with van der Waals surface area (Å²) in [6.07, 6.45) is 1.51. The molecule has 2 atom stereocenters. The molecule has 0 aliphatic carbocycles. The zero-order chi connectivity index (χ0) is 14.4. The molecule has 1 aliphatic rings. The van der Waals surface area contributed by atoms with E-state index < -0.39 is 18.1 Å². The minimum atomic E-state index is -0.579. The highest BCUT2D eigenvalue weighted by Gasteiger charge is 2.37. The number of nitrogens with one attached hydrogen (secondary N) is 1. The first-order chi connectivity index (χ1) is 9.01. The molecule has 0 saturated carbocycles. The SMILES string of the molecule is CCC(CC)NC(=O)CN1CC(O)CC1C(=O)OC. The largest absolute Gasteiger partial charge is 0.468 e. The first-order valence-electron chi connectivity index (χ1n) is 6.81. The van der Waals surface area contributed by atoms with Gasteiger partial charge in [-0.1, -0.05) is 13.8 Å². The fourth-order valence-electron chi connectivity index (χ4n) is 2.39. The summed E-state index contributed by atoms with van der Waals surface area (Å²) < 4.78 is 4.69. The molecule has 0 aromatic heterocycles. The third kappa shape index (κ3) is 4.47. The van der Waals surface area contributed by atoms with E-state index >= 15 is 0 Å². The van der Waals surface area contributed by atoms with E-state index in [2.05, 4.69) is 5.32 Å². The molecule has 6 heteroatoms. The van der Waals surface area contributed by atoms with Crippen LogP contribution in [0.1, 0.15) is 33.1 Å². The van der Waals surface area contributed by atoms with Gasteiger partial charge in [-0.3, -0.25) is 14.5 Å². The second kappa shape index (κ2) is 7.45. The molecule has 0 aromatic carbocycles. The van der Waals surface area contributed by atoms with Crippen molar-refractivity contribution in [1.29, 1.82) is 0 Å². The molecule has 0 radical (unpaired) electrons. The smallest absolute Gasteiger partial charge is 0.323 e. The van der Waals surface area contributed by atoms with Crippen LogP contribution in [0.4, 0.5) is 0 Å². The summed E-state index contributed by atoms with van der Waals surface area (Å²) in [5, 5.41) is 12.5. The summed E-state index contributed by atoms with van der Waals surface area (Å²) in [5.74, 6) is -0.511. The number of rotatable bonds is 6. The summed E-state index contributed by atoms with van der Waals surface area (Å²) in [6, 6.07) is -0.357. The Labute approximate surface area is 114 Å². The maximum Gasteiger partial charge on any atom is 0.323 e. The number of esters is 1. The molecule has 1 fully saturated rings. The van der Waals surface area contributed by atoms with Gasteiger partial charge in [0.2, 0.25) is 5.91 Å². The predicted octanol–water partition coefficient (Wildman–Crippen LogP) is -0.101. The van der Waals surface area contributed by atoms with Crippen molar-refractivity contribution < 1.29 is 19.4 Å². The van der Waals surface area contributed by atoms with Crippen LogP contribution < -0.4 is 5.32 Å². The quantitative estimate of drug-likeness (QED) is 0.660. The number of ether oxygens (including phenoxy) is 1. The van der Waals surface area contributed by atoms with Crippen LogP contribution in [-0.2, 0) is 14.3 Å². The number of methoxy groups -OCH3 is 1. The van der Waals surface area contributed by atoms with Gasteiger partial charge in [0.1, 0.15) is 6.04 Å². The highest BCUT2D eigenvalue weighted by molar-refractivity contribution is 5.81. The highest BCUT2D eigenvalue weighted by atomic mass is 16.5. The van der Waals surface area contributed by atoms with Crippen LogP contribution in [-0.4, -0.2) is 60.3 Å². The van der Waals surface area contributed by atoms with Gasteiger partial charge in [0, 0.05) is 19.0 Å². The molecular weight excluding hydrogens is 248 g/mol. The summed E-state index contributed by atoms with van der Waals surface area (Å²) in [4.78, 5) is 25.2. The number of likely N-dealkylation sites (tertiary alicyclic amines) is 1. The normalized spacial score (nSPS) is 23.6. The number of amides is 1. The fraction of sp³-hybridized carbons (Fsp3) is 0.846. The van der Waals surface area contributed by atoms with E-state index in [1.54, 1.807) is 4.90 Å². The Morgan fingerprint density at radius 2 is 2.05 bits per heavy atom. The van der Waals surface area contributed by atoms with E-state index in [1.807, 2.05) is 13.8 Å². The molecule has 19 heavy (non-hydrogen) atoms. The van der Waals surface area contributed by atoms with Gasteiger partial charge in [-0.05, 0) is 12.8 Å². The zero-order valence-corrected chi connectivity index (χ0v) is 11.9. The van der Waals surface area contributed by atoms with Crippen LogP contribution >= 0.6 is 0 Å². The van der Waals surface area contributed by atoms with Crippen LogP contribution in [0, 0.1) is 0 Å². The molecule has 1 amide bonds. The van der Waals surface area contributed by atoms with Crippen molar-refractivity contribution in [2.75, 3.05) is 20.2 Å². The Balaban J connectivity index is 2.54. The van der Waals surface area contributed by atoms with Gasteiger partial charge in [0.05, 0.1) is 19.8 Å². The highest BCUT2D eigenvalue weighted by Crippen LogP contribution is 2.18. The number of hydrogen-bond acceptors (Lipinski definition) is 5. The van der Waals surface area contributed by atoms with Gasteiger partial charge in [-0.15, -0.1) is 0 Å². The third-order valence-electron chi connectivity index (χ3n) is 3.55. The molecule has 1 heterocycles. The Bertz CT molecular complexity index is 318. The molecule has 0 bridgehead atoms. The Kier molecular flexibility index (Phi) is 6.24. The lowest BCUT2D eigenvalue weighted by Crippen LogP contribution is -2.45. The number of β-amino-alcohol motifs (C(OH)–C–C–N with tert-alkyl or cyclic N) is 1. The number of carbonyl (C=O) groups excluding carboxylic acids is 2. The summed E-state index contributed by atoms with van der Waals surface area (Å²) >= 11 is 0. The van der Waals surface area contributed by atoms with Crippen molar-refractivity contribution in [3.8, 4) is 0 Å². The van der Waals surface area contributed by atoms with Crippen LogP contribution in [0.25, 0.3) is 0 Å². The van der Waals surface area contributed by atoms with Crippen LogP contribution in [0.2, 0.25) is 0 Å². The first-order valence-corrected chi connectivity index (χ1v) is 6.81. The van der Waals surface area contributed by atoms with E-state index in [0.717, 1.165) is 12.8 Å². The number of aliphatic hydroxyl groups is 1. The van der Waals surface area contributed by atoms with Crippen molar-refractivity contribution in [2.45, 2.75) is 51.3 Å². The molecular formula is C13H24N2O4. The number of carbonyl (C=O) groups is 2.